The zero-order valence-corrected chi connectivity index (χ0v) is 12.2. The molecule has 1 saturated carbocycles. The number of ether oxygens (including phenoxy) is 1. The topological polar surface area (TPSA) is 26.3 Å². The second-order valence-electron chi connectivity index (χ2n) is 5.57. The number of halogens is 2. The van der Waals surface area contributed by atoms with Gasteiger partial charge in [0.1, 0.15) is 5.82 Å². The van der Waals surface area contributed by atoms with E-state index in [9.17, 15) is 9.18 Å². The highest BCUT2D eigenvalue weighted by Gasteiger charge is 2.44. The molecule has 2 fully saturated rings. The van der Waals surface area contributed by atoms with E-state index >= 15 is 0 Å². The maximum Gasteiger partial charge on any atom is 0.166 e. The van der Waals surface area contributed by atoms with E-state index in [0.717, 1.165) is 25.7 Å². The van der Waals surface area contributed by atoms with Gasteiger partial charge in [0.15, 0.2) is 5.78 Å². The van der Waals surface area contributed by atoms with Crippen molar-refractivity contribution in [1.29, 1.82) is 0 Å². The van der Waals surface area contributed by atoms with Crippen LogP contribution in [-0.2, 0) is 4.74 Å². The summed E-state index contributed by atoms with van der Waals surface area (Å²) in [4.78, 5) is 12.5. The molecule has 1 heterocycles. The minimum absolute atomic E-state index is 0.0189. The number of carbonyl (C=O) groups is 1. The molecule has 2 nitrogen and oxygen atoms in total. The van der Waals surface area contributed by atoms with Crippen molar-refractivity contribution in [1.82, 2.24) is 0 Å². The molecule has 102 valence electrons. The molecule has 4 heteroatoms. The Morgan fingerprint density at radius 1 is 1.42 bits per heavy atom. The van der Waals surface area contributed by atoms with Crippen LogP contribution in [0.4, 0.5) is 4.39 Å². The largest absolute Gasteiger partial charge is 0.375 e. The fraction of sp³-hybridized carbons (Fsp3) is 0.533. The summed E-state index contributed by atoms with van der Waals surface area (Å²) in [5.74, 6) is -0.341. The predicted octanol–water partition coefficient (Wildman–Crippen LogP) is 4.12. The molecule has 1 aromatic carbocycles. The van der Waals surface area contributed by atoms with E-state index in [1.54, 1.807) is 12.1 Å². The summed E-state index contributed by atoms with van der Waals surface area (Å²) in [6.45, 7) is 0.648. The Kier molecular flexibility index (Phi) is 3.48. The summed E-state index contributed by atoms with van der Waals surface area (Å²) in [6.07, 6.45) is 4.85. The molecule has 1 aromatic rings. The van der Waals surface area contributed by atoms with Crippen LogP contribution in [0.1, 0.15) is 42.5 Å². The summed E-state index contributed by atoms with van der Waals surface area (Å²) < 4.78 is 19.7. The maximum atomic E-state index is 13.5. The smallest absolute Gasteiger partial charge is 0.166 e. The fourth-order valence-electron chi connectivity index (χ4n) is 3.06. The number of hydrogen-bond acceptors (Lipinski definition) is 2. The normalized spacial score (nSPS) is 25.1. The predicted molar refractivity (Wildman–Crippen MR) is 73.7 cm³/mol. The highest BCUT2D eigenvalue weighted by molar-refractivity contribution is 9.10. The van der Waals surface area contributed by atoms with Gasteiger partial charge in [0, 0.05) is 18.1 Å². The van der Waals surface area contributed by atoms with Gasteiger partial charge in [0.2, 0.25) is 0 Å². The van der Waals surface area contributed by atoms with Gasteiger partial charge in [-0.1, -0.05) is 6.07 Å². The van der Waals surface area contributed by atoms with Crippen molar-refractivity contribution in [3.05, 3.63) is 34.1 Å². The molecule has 1 saturated heterocycles. The van der Waals surface area contributed by atoms with E-state index in [2.05, 4.69) is 15.9 Å². The van der Waals surface area contributed by atoms with Gasteiger partial charge in [0.05, 0.1) is 10.1 Å². The molecule has 1 aliphatic heterocycles. The minimum Gasteiger partial charge on any atom is -0.375 e. The summed E-state index contributed by atoms with van der Waals surface area (Å²) in [5.41, 5.74) is 0.425. The van der Waals surface area contributed by atoms with E-state index in [1.807, 2.05) is 0 Å². The van der Waals surface area contributed by atoms with E-state index in [1.165, 1.54) is 12.5 Å². The van der Waals surface area contributed by atoms with Crippen molar-refractivity contribution in [2.24, 2.45) is 5.92 Å². The Hall–Kier alpha value is -0.740. The highest BCUT2D eigenvalue weighted by Crippen LogP contribution is 2.44. The Labute approximate surface area is 120 Å². The van der Waals surface area contributed by atoms with Crippen LogP contribution in [-0.4, -0.2) is 18.0 Å². The molecule has 1 atom stereocenters. The molecule has 0 aromatic heterocycles. The molecule has 19 heavy (non-hydrogen) atoms. The van der Waals surface area contributed by atoms with Crippen LogP contribution in [0.2, 0.25) is 0 Å². The van der Waals surface area contributed by atoms with E-state index < -0.39 is 0 Å². The lowest BCUT2D eigenvalue weighted by Gasteiger charge is -2.46. The molecule has 1 aliphatic carbocycles. The number of rotatable bonds is 2. The second-order valence-corrected chi connectivity index (χ2v) is 6.42. The van der Waals surface area contributed by atoms with Crippen LogP contribution in [0.25, 0.3) is 0 Å². The summed E-state index contributed by atoms with van der Waals surface area (Å²) >= 11 is 3.11. The Balaban J connectivity index is 1.77. The average molecular weight is 327 g/mol. The van der Waals surface area contributed by atoms with Crippen LogP contribution < -0.4 is 0 Å². The van der Waals surface area contributed by atoms with Gasteiger partial charge in [-0.2, -0.15) is 0 Å². The van der Waals surface area contributed by atoms with Gasteiger partial charge in [-0.25, -0.2) is 4.39 Å². The minimum atomic E-state index is -0.378. The van der Waals surface area contributed by atoms with Gasteiger partial charge in [-0.05, 0) is 60.2 Å². The lowest BCUT2D eigenvalue weighted by Crippen LogP contribution is -2.47. The van der Waals surface area contributed by atoms with Crippen molar-refractivity contribution in [2.75, 3.05) is 6.61 Å². The Morgan fingerprint density at radius 2 is 2.21 bits per heavy atom. The van der Waals surface area contributed by atoms with Crippen LogP contribution in [0.5, 0.6) is 0 Å². The molecule has 0 bridgehead atoms. The molecule has 1 spiro atoms. The number of hydrogen-bond donors (Lipinski definition) is 0. The first-order valence-electron chi connectivity index (χ1n) is 6.73. The van der Waals surface area contributed by atoms with Crippen LogP contribution in [0.3, 0.4) is 0 Å². The van der Waals surface area contributed by atoms with Crippen LogP contribution in [0, 0.1) is 11.7 Å². The van der Waals surface area contributed by atoms with E-state index in [-0.39, 0.29) is 23.1 Å². The molecule has 0 amide bonds. The number of Topliss-reactive ketones (excluding diaryl/α,β-unsaturated/α-hetero) is 1. The zero-order chi connectivity index (χ0) is 13.5. The van der Waals surface area contributed by atoms with Crippen LogP contribution >= 0.6 is 15.9 Å². The van der Waals surface area contributed by atoms with Crippen LogP contribution in [0.15, 0.2) is 22.7 Å². The molecule has 1 unspecified atom stereocenters. The van der Waals surface area contributed by atoms with Crippen molar-refractivity contribution in [3.8, 4) is 0 Å². The first-order valence-corrected chi connectivity index (χ1v) is 7.52. The van der Waals surface area contributed by atoms with E-state index in [4.69, 9.17) is 4.74 Å². The molecular weight excluding hydrogens is 311 g/mol. The molecule has 0 radical (unpaired) electrons. The quantitative estimate of drug-likeness (QED) is 0.764. The number of benzene rings is 1. The first kappa shape index (κ1) is 13.3. The van der Waals surface area contributed by atoms with Gasteiger partial charge in [-0.15, -0.1) is 0 Å². The lowest BCUT2D eigenvalue weighted by molar-refractivity contribution is -0.137. The third-order valence-electron chi connectivity index (χ3n) is 4.33. The van der Waals surface area contributed by atoms with Crippen molar-refractivity contribution < 1.29 is 13.9 Å². The van der Waals surface area contributed by atoms with Gasteiger partial charge in [0.25, 0.3) is 0 Å². The van der Waals surface area contributed by atoms with Gasteiger partial charge < -0.3 is 4.74 Å². The second kappa shape index (κ2) is 4.98. The summed E-state index contributed by atoms with van der Waals surface area (Å²) in [7, 11) is 0. The molecule has 2 aliphatic rings. The standard InChI is InChI=1S/C15H16BrFO2/c16-12-3-2-10(8-13(12)17)14(18)11-4-7-19-15(9-11)5-1-6-15/h2-3,8,11H,1,4-7,9H2. The Bertz CT molecular complexity index is 511. The number of carbonyl (C=O) groups excluding carboxylic acids is 1. The van der Waals surface area contributed by atoms with Crippen molar-refractivity contribution in [2.45, 2.75) is 37.7 Å². The SMILES string of the molecule is O=C(c1ccc(Br)c(F)c1)C1CCOC2(CCC2)C1. The summed E-state index contributed by atoms with van der Waals surface area (Å²) in [6, 6.07) is 4.62. The lowest BCUT2D eigenvalue weighted by atomic mass is 9.70. The first-order chi connectivity index (χ1) is 9.10. The molecular formula is C15H16BrFO2. The third kappa shape index (κ3) is 2.48. The average Bonchev–Trinajstić information content (AvgIpc) is 2.39. The van der Waals surface area contributed by atoms with Crippen molar-refractivity contribution in [3.63, 3.8) is 0 Å². The third-order valence-corrected chi connectivity index (χ3v) is 4.98. The Morgan fingerprint density at radius 3 is 2.84 bits per heavy atom. The summed E-state index contributed by atoms with van der Waals surface area (Å²) in [5, 5.41) is 0. The fourth-order valence-corrected chi connectivity index (χ4v) is 3.30. The molecule has 0 N–H and O–H groups in total. The monoisotopic (exact) mass is 326 g/mol. The number of ketones is 1. The van der Waals surface area contributed by atoms with Gasteiger partial charge in [-0.3, -0.25) is 4.79 Å². The maximum absolute atomic E-state index is 13.5. The van der Waals surface area contributed by atoms with Crippen molar-refractivity contribution >= 4 is 21.7 Å². The highest BCUT2D eigenvalue weighted by atomic mass is 79.9. The zero-order valence-electron chi connectivity index (χ0n) is 10.6. The molecule has 3 rings (SSSR count). The van der Waals surface area contributed by atoms with E-state index in [0.29, 0.717) is 16.6 Å². The van der Waals surface area contributed by atoms with Gasteiger partial charge >= 0.3 is 0 Å².